The molecular weight excluding hydrogens is 479 g/mol. The Kier molecular flexibility index (Phi) is 5.54. The highest BCUT2D eigenvalue weighted by Crippen LogP contribution is 2.39. The third-order valence-electron chi connectivity index (χ3n) is 6.10. The molecule has 1 aliphatic rings. The summed E-state index contributed by atoms with van der Waals surface area (Å²) in [5, 5.41) is 14.9. The molecule has 0 bridgehead atoms. The standard InChI is InChI=1S/C27H19FN4O3S/c28-18-6-7-20(22(12-18)35-14-19-2-1-3-23(33)30-19)26-27-21(8-9-36-27)25(31-32-26)16-5-4-15-11-24(34)29-13-17(15)10-16/h1-10,12H,11,13-14H2,(H,29,34)(H,30,33). The summed E-state index contributed by atoms with van der Waals surface area (Å²) < 4.78 is 21.0. The summed E-state index contributed by atoms with van der Waals surface area (Å²) in [5.74, 6) is -0.111. The van der Waals surface area contributed by atoms with Crippen molar-refractivity contribution in [2.45, 2.75) is 19.6 Å². The summed E-state index contributed by atoms with van der Waals surface area (Å²) in [6, 6.07) is 17.1. The fourth-order valence-corrected chi connectivity index (χ4v) is 5.25. The van der Waals surface area contributed by atoms with Gasteiger partial charge in [-0.05, 0) is 46.8 Å². The van der Waals surface area contributed by atoms with E-state index in [1.54, 1.807) is 18.2 Å². The van der Waals surface area contributed by atoms with Crippen LogP contribution in [-0.2, 0) is 24.4 Å². The molecule has 2 N–H and O–H groups in total. The van der Waals surface area contributed by atoms with Gasteiger partial charge in [-0.1, -0.05) is 18.2 Å². The molecule has 5 aromatic rings. The number of pyridine rings is 1. The molecule has 2 aromatic carbocycles. The number of hydrogen-bond acceptors (Lipinski definition) is 6. The maximum absolute atomic E-state index is 14.2. The van der Waals surface area contributed by atoms with Crippen molar-refractivity contribution in [2.24, 2.45) is 0 Å². The normalized spacial score (nSPS) is 12.9. The summed E-state index contributed by atoms with van der Waals surface area (Å²) in [4.78, 5) is 26.0. The van der Waals surface area contributed by atoms with Crippen molar-refractivity contribution in [1.29, 1.82) is 0 Å². The van der Waals surface area contributed by atoms with Crippen molar-refractivity contribution >= 4 is 27.3 Å². The fourth-order valence-electron chi connectivity index (χ4n) is 4.35. The lowest BCUT2D eigenvalue weighted by Crippen LogP contribution is -2.30. The van der Waals surface area contributed by atoms with Gasteiger partial charge in [0.15, 0.2) is 0 Å². The van der Waals surface area contributed by atoms with Crippen molar-refractivity contribution in [3.8, 4) is 28.3 Å². The quantitative estimate of drug-likeness (QED) is 0.369. The highest BCUT2D eigenvalue weighted by molar-refractivity contribution is 7.17. The van der Waals surface area contributed by atoms with Crippen molar-refractivity contribution in [2.75, 3.05) is 0 Å². The molecule has 3 aromatic heterocycles. The molecule has 1 aliphatic heterocycles. The lowest BCUT2D eigenvalue weighted by molar-refractivity contribution is -0.121. The number of amides is 1. The predicted octanol–water partition coefficient (Wildman–Crippen LogP) is 4.60. The number of carbonyl (C=O) groups excluding carboxylic acids is 1. The molecule has 0 atom stereocenters. The Labute approximate surface area is 208 Å². The van der Waals surface area contributed by atoms with Gasteiger partial charge in [0, 0.05) is 35.2 Å². The van der Waals surface area contributed by atoms with E-state index in [1.807, 2.05) is 29.6 Å². The number of halogens is 1. The van der Waals surface area contributed by atoms with Crippen LogP contribution in [-0.4, -0.2) is 21.1 Å². The number of benzene rings is 2. The zero-order valence-corrected chi connectivity index (χ0v) is 19.7. The van der Waals surface area contributed by atoms with Crippen LogP contribution in [0.25, 0.3) is 32.6 Å². The lowest BCUT2D eigenvalue weighted by atomic mass is 9.96. The smallest absolute Gasteiger partial charge is 0.248 e. The number of aromatic nitrogens is 3. The summed E-state index contributed by atoms with van der Waals surface area (Å²) in [5.41, 5.74) is 5.26. The van der Waals surface area contributed by atoms with Crippen molar-refractivity contribution in [3.63, 3.8) is 0 Å². The van der Waals surface area contributed by atoms with Crippen LogP contribution in [0.4, 0.5) is 4.39 Å². The first-order chi connectivity index (χ1) is 17.5. The average Bonchev–Trinajstić information content (AvgIpc) is 3.37. The van der Waals surface area contributed by atoms with E-state index < -0.39 is 5.82 Å². The largest absolute Gasteiger partial charge is 0.487 e. The minimum atomic E-state index is -0.441. The molecule has 0 unspecified atom stereocenters. The minimum Gasteiger partial charge on any atom is -0.487 e. The van der Waals surface area contributed by atoms with Gasteiger partial charge >= 0.3 is 0 Å². The molecule has 0 spiro atoms. The van der Waals surface area contributed by atoms with E-state index in [1.165, 1.54) is 29.5 Å². The second kappa shape index (κ2) is 9.01. The summed E-state index contributed by atoms with van der Waals surface area (Å²) in [6.45, 7) is 0.556. The van der Waals surface area contributed by atoms with Crippen molar-refractivity contribution < 1.29 is 13.9 Å². The first kappa shape index (κ1) is 22.1. The highest BCUT2D eigenvalue weighted by atomic mass is 32.1. The van der Waals surface area contributed by atoms with E-state index in [9.17, 15) is 14.0 Å². The zero-order chi connectivity index (χ0) is 24.6. The minimum absolute atomic E-state index is 0.0237. The summed E-state index contributed by atoms with van der Waals surface area (Å²) in [6.07, 6.45) is 0.373. The van der Waals surface area contributed by atoms with E-state index in [2.05, 4.69) is 20.5 Å². The maximum Gasteiger partial charge on any atom is 0.248 e. The monoisotopic (exact) mass is 498 g/mol. The van der Waals surface area contributed by atoms with Crippen LogP contribution in [0.15, 0.2) is 70.8 Å². The molecular formula is C27H19FN4O3S. The molecule has 0 aliphatic carbocycles. The van der Waals surface area contributed by atoms with Crippen LogP contribution in [0, 0.1) is 5.82 Å². The Bertz CT molecular complexity index is 1690. The molecule has 0 radical (unpaired) electrons. The second-order valence-corrected chi connectivity index (χ2v) is 9.38. The van der Waals surface area contributed by atoms with E-state index in [4.69, 9.17) is 4.74 Å². The molecule has 9 heteroatoms. The molecule has 4 heterocycles. The average molecular weight is 499 g/mol. The maximum atomic E-state index is 14.2. The molecule has 0 saturated heterocycles. The van der Waals surface area contributed by atoms with Gasteiger partial charge in [0.2, 0.25) is 11.5 Å². The van der Waals surface area contributed by atoms with Crippen LogP contribution in [0.2, 0.25) is 0 Å². The number of H-pyrrole nitrogens is 1. The van der Waals surface area contributed by atoms with Crippen LogP contribution in [0.1, 0.15) is 16.8 Å². The topological polar surface area (TPSA) is 97.0 Å². The van der Waals surface area contributed by atoms with Crippen LogP contribution in [0.3, 0.4) is 0 Å². The first-order valence-electron chi connectivity index (χ1n) is 11.3. The van der Waals surface area contributed by atoms with Gasteiger partial charge < -0.3 is 15.0 Å². The predicted molar refractivity (Wildman–Crippen MR) is 135 cm³/mol. The molecule has 178 valence electrons. The van der Waals surface area contributed by atoms with Crippen molar-refractivity contribution in [3.05, 3.63) is 99.0 Å². The number of nitrogens with one attached hydrogen (secondary N) is 2. The van der Waals surface area contributed by atoms with Gasteiger partial charge in [0.05, 0.1) is 16.8 Å². The number of rotatable bonds is 5. The fraction of sp³-hybridized carbons (Fsp3) is 0.111. The van der Waals surface area contributed by atoms with Gasteiger partial charge in [-0.25, -0.2) is 4.39 Å². The third-order valence-corrected chi connectivity index (χ3v) is 7.02. The van der Waals surface area contributed by atoms with E-state index in [-0.39, 0.29) is 18.1 Å². The Morgan fingerprint density at radius 2 is 1.86 bits per heavy atom. The van der Waals surface area contributed by atoms with E-state index in [0.29, 0.717) is 35.7 Å². The second-order valence-electron chi connectivity index (χ2n) is 8.47. The third kappa shape index (κ3) is 4.14. The Balaban J connectivity index is 1.39. The Morgan fingerprint density at radius 1 is 0.972 bits per heavy atom. The van der Waals surface area contributed by atoms with Gasteiger partial charge in [0.25, 0.3) is 0 Å². The molecule has 0 saturated carbocycles. The number of aromatic amines is 1. The lowest BCUT2D eigenvalue weighted by Gasteiger charge is -2.17. The van der Waals surface area contributed by atoms with Gasteiger partial charge in [0.1, 0.15) is 29.6 Å². The highest BCUT2D eigenvalue weighted by Gasteiger charge is 2.20. The van der Waals surface area contributed by atoms with Gasteiger partial charge in [-0.15, -0.1) is 21.5 Å². The van der Waals surface area contributed by atoms with Crippen LogP contribution in [0.5, 0.6) is 5.75 Å². The zero-order valence-electron chi connectivity index (χ0n) is 18.9. The molecule has 1 amide bonds. The summed E-state index contributed by atoms with van der Waals surface area (Å²) >= 11 is 1.52. The SMILES string of the molecule is O=C1Cc2ccc(-c3nnc(-c4ccc(F)cc4OCc4cccc(=O)[nH]4)c4sccc34)cc2CN1. The van der Waals surface area contributed by atoms with Crippen molar-refractivity contribution in [1.82, 2.24) is 20.5 Å². The van der Waals surface area contributed by atoms with E-state index >= 15 is 0 Å². The van der Waals surface area contributed by atoms with Gasteiger partial charge in [-0.3, -0.25) is 9.59 Å². The van der Waals surface area contributed by atoms with Crippen LogP contribution < -0.4 is 15.6 Å². The Hall–Kier alpha value is -4.37. The van der Waals surface area contributed by atoms with Crippen LogP contribution >= 0.6 is 11.3 Å². The Morgan fingerprint density at radius 3 is 2.75 bits per heavy atom. The molecule has 7 nitrogen and oxygen atoms in total. The first-order valence-corrected chi connectivity index (χ1v) is 12.2. The number of thiophene rings is 1. The number of fused-ring (bicyclic) bond motifs is 2. The number of hydrogen-bond donors (Lipinski definition) is 2. The number of nitrogens with zero attached hydrogens (tertiary/aromatic N) is 2. The van der Waals surface area contributed by atoms with E-state index in [0.717, 1.165) is 32.5 Å². The number of ether oxygens (including phenoxy) is 1. The molecule has 36 heavy (non-hydrogen) atoms. The number of carbonyl (C=O) groups is 1. The van der Waals surface area contributed by atoms with Gasteiger partial charge in [-0.2, -0.15) is 0 Å². The summed E-state index contributed by atoms with van der Waals surface area (Å²) in [7, 11) is 0. The molecule has 6 rings (SSSR count). The molecule has 0 fully saturated rings.